The lowest BCUT2D eigenvalue weighted by Gasteiger charge is -2.06. The van der Waals surface area contributed by atoms with Gasteiger partial charge in [-0.15, -0.1) is 11.3 Å². The van der Waals surface area contributed by atoms with E-state index in [4.69, 9.17) is 10.5 Å². The quantitative estimate of drug-likeness (QED) is 0.780. The predicted octanol–water partition coefficient (Wildman–Crippen LogP) is 4.22. The highest BCUT2D eigenvalue weighted by molar-refractivity contribution is 9.10. The van der Waals surface area contributed by atoms with Crippen LogP contribution in [0.15, 0.2) is 46.3 Å². The lowest BCUT2D eigenvalue weighted by atomic mass is 10.1. The van der Waals surface area contributed by atoms with Crippen molar-refractivity contribution in [1.82, 2.24) is 4.98 Å². The first-order chi connectivity index (χ1) is 9.20. The summed E-state index contributed by atoms with van der Waals surface area (Å²) in [5.41, 5.74) is 6.44. The van der Waals surface area contributed by atoms with Crippen molar-refractivity contribution < 1.29 is 4.74 Å². The molecule has 0 atom stereocenters. The highest BCUT2D eigenvalue weighted by Gasteiger charge is 2.02. The number of halogens is 1. The number of hydrogen-bond donors (Lipinski definition) is 1. The Kier molecular flexibility index (Phi) is 3.40. The van der Waals surface area contributed by atoms with E-state index in [9.17, 15) is 0 Å². The van der Waals surface area contributed by atoms with E-state index in [-0.39, 0.29) is 0 Å². The van der Waals surface area contributed by atoms with Crippen LogP contribution in [0.1, 0.15) is 5.69 Å². The van der Waals surface area contributed by atoms with Crippen molar-refractivity contribution in [2.24, 2.45) is 0 Å². The van der Waals surface area contributed by atoms with Crippen LogP contribution < -0.4 is 10.5 Å². The molecule has 0 spiro atoms. The molecule has 1 heterocycles. The van der Waals surface area contributed by atoms with Gasteiger partial charge in [-0.05, 0) is 35.0 Å². The maximum atomic E-state index is 5.72. The van der Waals surface area contributed by atoms with Crippen molar-refractivity contribution in [3.8, 4) is 5.75 Å². The normalized spacial score (nSPS) is 10.8. The molecular weight excluding hydrogens is 324 g/mol. The molecule has 19 heavy (non-hydrogen) atoms. The fourth-order valence-corrected chi connectivity index (χ4v) is 2.76. The van der Waals surface area contributed by atoms with E-state index in [1.807, 2.05) is 29.6 Å². The van der Waals surface area contributed by atoms with Gasteiger partial charge in [-0.25, -0.2) is 4.98 Å². The second-order valence-electron chi connectivity index (χ2n) is 4.12. The smallest absolute Gasteiger partial charge is 0.180 e. The van der Waals surface area contributed by atoms with Gasteiger partial charge < -0.3 is 10.5 Å². The molecule has 2 N–H and O–H groups in total. The highest BCUT2D eigenvalue weighted by Crippen LogP contribution is 2.24. The molecule has 2 aromatic carbocycles. The Labute approximate surface area is 123 Å². The average molecular weight is 335 g/mol. The number of thiazole rings is 1. The average Bonchev–Trinajstić information content (AvgIpc) is 2.82. The molecular formula is C14H11BrN2OS. The van der Waals surface area contributed by atoms with Gasteiger partial charge >= 0.3 is 0 Å². The number of hydrogen-bond acceptors (Lipinski definition) is 4. The van der Waals surface area contributed by atoms with Crippen LogP contribution in [0.25, 0.3) is 10.8 Å². The van der Waals surface area contributed by atoms with Gasteiger partial charge in [0.1, 0.15) is 12.4 Å². The number of fused-ring (bicyclic) bond motifs is 1. The van der Waals surface area contributed by atoms with E-state index in [0.717, 1.165) is 21.3 Å². The number of anilines is 1. The second kappa shape index (κ2) is 5.19. The topological polar surface area (TPSA) is 48.1 Å². The molecule has 0 unspecified atom stereocenters. The third-order valence-corrected chi connectivity index (χ3v) is 3.95. The Morgan fingerprint density at radius 1 is 1.16 bits per heavy atom. The Bertz CT molecular complexity index is 726. The van der Waals surface area contributed by atoms with E-state index in [1.54, 1.807) is 0 Å². The van der Waals surface area contributed by atoms with Gasteiger partial charge in [0.25, 0.3) is 0 Å². The third kappa shape index (κ3) is 2.88. The van der Waals surface area contributed by atoms with Gasteiger partial charge in [0.15, 0.2) is 5.13 Å². The van der Waals surface area contributed by atoms with Crippen LogP contribution in [0.3, 0.4) is 0 Å². The van der Waals surface area contributed by atoms with Crippen molar-refractivity contribution in [3.05, 3.63) is 51.9 Å². The van der Waals surface area contributed by atoms with Crippen molar-refractivity contribution in [1.29, 1.82) is 0 Å². The van der Waals surface area contributed by atoms with Crippen molar-refractivity contribution >= 4 is 43.2 Å². The molecule has 0 bridgehead atoms. The summed E-state index contributed by atoms with van der Waals surface area (Å²) in [5.74, 6) is 0.835. The molecule has 3 rings (SSSR count). The van der Waals surface area contributed by atoms with Crippen LogP contribution in [0.2, 0.25) is 0 Å². The number of nitrogens with two attached hydrogens (primary N) is 1. The van der Waals surface area contributed by atoms with Crippen LogP contribution >= 0.6 is 27.3 Å². The molecule has 0 aliphatic carbocycles. The molecule has 0 radical (unpaired) electrons. The first-order valence-electron chi connectivity index (χ1n) is 5.73. The van der Waals surface area contributed by atoms with Crippen LogP contribution in [-0.4, -0.2) is 4.98 Å². The fourth-order valence-electron chi connectivity index (χ4n) is 1.83. The Morgan fingerprint density at radius 2 is 1.95 bits per heavy atom. The molecule has 0 saturated carbocycles. The van der Waals surface area contributed by atoms with Crippen molar-refractivity contribution in [2.75, 3.05) is 5.73 Å². The number of ether oxygens (including phenoxy) is 1. The summed E-state index contributed by atoms with van der Waals surface area (Å²) in [6.45, 7) is 0.440. The maximum absolute atomic E-state index is 5.72. The standard InChI is InChI=1S/C14H11BrN2OS/c15-11-3-1-10-6-13(4-2-9(10)5-11)18-7-12-8-19-14(16)17-12/h1-6,8H,7H2,(H2,16,17). The molecule has 96 valence electrons. The van der Waals surface area contributed by atoms with E-state index < -0.39 is 0 Å². The van der Waals surface area contributed by atoms with Gasteiger partial charge in [-0.3, -0.25) is 0 Å². The van der Waals surface area contributed by atoms with E-state index in [0.29, 0.717) is 11.7 Å². The molecule has 3 aromatic rings. The zero-order valence-corrected chi connectivity index (χ0v) is 12.4. The number of aromatic nitrogens is 1. The van der Waals surface area contributed by atoms with E-state index >= 15 is 0 Å². The largest absolute Gasteiger partial charge is 0.487 e. The second-order valence-corrected chi connectivity index (χ2v) is 5.92. The van der Waals surface area contributed by atoms with E-state index in [1.165, 1.54) is 16.7 Å². The van der Waals surface area contributed by atoms with Crippen LogP contribution in [0.4, 0.5) is 5.13 Å². The molecule has 0 amide bonds. The lowest BCUT2D eigenvalue weighted by molar-refractivity contribution is 0.302. The molecule has 0 aliphatic heterocycles. The van der Waals surface area contributed by atoms with Crippen LogP contribution in [0.5, 0.6) is 5.75 Å². The summed E-state index contributed by atoms with van der Waals surface area (Å²) in [7, 11) is 0. The first kappa shape index (κ1) is 12.4. The third-order valence-electron chi connectivity index (χ3n) is 2.73. The number of rotatable bonds is 3. The summed E-state index contributed by atoms with van der Waals surface area (Å²) in [6, 6.07) is 12.2. The van der Waals surface area contributed by atoms with Crippen molar-refractivity contribution in [2.45, 2.75) is 6.61 Å². The van der Waals surface area contributed by atoms with Crippen LogP contribution in [-0.2, 0) is 6.61 Å². The first-order valence-corrected chi connectivity index (χ1v) is 7.40. The molecule has 3 nitrogen and oxygen atoms in total. The molecule has 5 heteroatoms. The number of nitrogens with zero attached hydrogens (tertiary/aromatic N) is 1. The summed E-state index contributed by atoms with van der Waals surface area (Å²) in [6.07, 6.45) is 0. The fraction of sp³-hybridized carbons (Fsp3) is 0.0714. The minimum atomic E-state index is 0.440. The van der Waals surface area contributed by atoms with E-state index in [2.05, 4.69) is 33.0 Å². The highest BCUT2D eigenvalue weighted by atomic mass is 79.9. The maximum Gasteiger partial charge on any atom is 0.180 e. The number of benzene rings is 2. The van der Waals surface area contributed by atoms with Gasteiger partial charge in [-0.2, -0.15) is 0 Å². The lowest BCUT2D eigenvalue weighted by Crippen LogP contribution is -1.96. The minimum absolute atomic E-state index is 0.440. The monoisotopic (exact) mass is 334 g/mol. The van der Waals surface area contributed by atoms with Gasteiger partial charge in [-0.1, -0.05) is 28.1 Å². The summed E-state index contributed by atoms with van der Waals surface area (Å²) in [5, 5.41) is 4.81. The molecule has 1 aromatic heterocycles. The summed E-state index contributed by atoms with van der Waals surface area (Å²) < 4.78 is 6.80. The van der Waals surface area contributed by atoms with Gasteiger partial charge in [0.2, 0.25) is 0 Å². The zero-order chi connectivity index (χ0) is 13.2. The Morgan fingerprint density at radius 3 is 2.74 bits per heavy atom. The Balaban J connectivity index is 1.79. The molecule has 0 saturated heterocycles. The SMILES string of the molecule is Nc1nc(COc2ccc3cc(Br)ccc3c2)cs1. The molecule has 0 fully saturated rings. The Hall–Kier alpha value is -1.59. The summed E-state index contributed by atoms with van der Waals surface area (Å²) >= 11 is 4.89. The zero-order valence-electron chi connectivity index (χ0n) is 9.97. The molecule has 0 aliphatic rings. The summed E-state index contributed by atoms with van der Waals surface area (Å²) in [4.78, 5) is 4.16. The van der Waals surface area contributed by atoms with Gasteiger partial charge in [0.05, 0.1) is 5.69 Å². The van der Waals surface area contributed by atoms with Crippen LogP contribution in [0, 0.1) is 0 Å². The number of nitrogen functional groups attached to an aromatic ring is 1. The minimum Gasteiger partial charge on any atom is -0.487 e. The van der Waals surface area contributed by atoms with Gasteiger partial charge in [0, 0.05) is 9.85 Å². The predicted molar refractivity (Wildman–Crippen MR) is 82.5 cm³/mol. The van der Waals surface area contributed by atoms with Crippen molar-refractivity contribution in [3.63, 3.8) is 0 Å².